The van der Waals surface area contributed by atoms with Gasteiger partial charge in [0.1, 0.15) is 31.1 Å². The lowest BCUT2D eigenvalue weighted by atomic mass is 9.95. The van der Waals surface area contributed by atoms with Crippen molar-refractivity contribution in [2.45, 2.75) is 64.9 Å². The van der Waals surface area contributed by atoms with E-state index in [0.29, 0.717) is 0 Å². The summed E-state index contributed by atoms with van der Waals surface area (Å²) in [4.78, 5) is 61.0. The van der Waals surface area contributed by atoms with E-state index in [1.54, 1.807) is 18.2 Å². The van der Waals surface area contributed by atoms with Crippen LogP contribution >= 0.6 is 0 Å². The van der Waals surface area contributed by atoms with Gasteiger partial charge in [-0.3, -0.25) is 24.0 Å². The maximum absolute atomic E-state index is 13.5. The molecule has 0 saturated carbocycles. The number of rotatable bonds is 10. The molecule has 1 aliphatic rings. The average molecular weight is 558 g/mol. The fourth-order valence-electron chi connectivity index (χ4n) is 4.06. The maximum atomic E-state index is 13.5. The summed E-state index contributed by atoms with van der Waals surface area (Å²) in [5, 5.41) is 2.68. The molecule has 1 fully saturated rings. The minimum Gasteiger partial charge on any atom is -0.488 e. The van der Waals surface area contributed by atoms with Gasteiger partial charge in [0, 0.05) is 27.7 Å². The fourth-order valence-corrected chi connectivity index (χ4v) is 4.06. The molecule has 1 saturated heterocycles. The zero-order chi connectivity index (χ0) is 29.2. The summed E-state index contributed by atoms with van der Waals surface area (Å²) in [6.07, 6.45) is -5.42. The van der Waals surface area contributed by atoms with Gasteiger partial charge in [-0.15, -0.1) is 0 Å². The van der Waals surface area contributed by atoms with E-state index in [1.807, 2.05) is 30.3 Å². The maximum Gasteiger partial charge on any atom is 0.305 e. The molecular weight excluding hydrogens is 526 g/mol. The van der Waals surface area contributed by atoms with E-state index in [4.69, 9.17) is 28.4 Å². The van der Waals surface area contributed by atoms with Crippen LogP contribution in [0.4, 0.5) is 0 Å². The molecular formula is C28H31NO11. The molecule has 12 heteroatoms. The lowest BCUT2D eigenvalue weighted by Crippen LogP contribution is -2.67. The zero-order valence-corrected chi connectivity index (χ0v) is 22.5. The molecule has 3 rings (SSSR count). The number of hydrogen-bond acceptors (Lipinski definition) is 11. The summed E-state index contributed by atoms with van der Waals surface area (Å²) >= 11 is 0. The van der Waals surface area contributed by atoms with Crippen molar-refractivity contribution in [3.05, 3.63) is 65.7 Å². The van der Waals surface area contributed by atoms with Crippen molar-refractivity contribution in [3.8, 4) is 5.75 Å². The molecule has 40 heavy (non-hydrogen) atoms. The molecule has 12 nitrogen and oxygen atoms in total. The highest BCUT2D eigenvalue weighted by Crippen LogP contribution is 2.29. The smallest absolute Gasteiger partial charge is 0.305 e. The third kappa shape index (κ3) is 8.53. The van der Waals surface area contributed by atoms with Gasteiger partial charge in [0.05, 0.1) is 5.56 Å². The molecule has 0 aromatic heterocycles. The van der Waals surface area contributed by atoms with Crippen molar-refractivity contribution in [3.63, 3.8) is 0 Å². The zero-order valence-electron chi connectivity index (χ0n) is 22.5. The normalized spacial score (nSPS) is 21.9. The highest BCUT2D eigenvalue weighted by molar-refractivity contribution is 5.97. The standard InChI is InChI=1S/C28H31NO11/c1-16(30)35-15-23-25(37-17(2)31)26(38-18(3)32)24(28(40-23)39-19(4)33)29-27(34)21-12-8-9-13-22(21)36-14-20-10-6-5-7-11-20/h5-13,23-26,28H,14-15H2,1-4H3,(H,29,34). The van der Waals surface area contributed by atoms with Gasteiger partial charge < -0.3 is 33.7 Å². The quantitative estimate of drug-likeness (QED) is 0.337. The molecule has 2 aromatic rings. The van der Waals surface area contributed by atoms with Gasteiger partial charge in [0.2, 0.25) is 6.29 Å². The van der Waals surface area contributed by atoms with Crippen LogP contribution in [-0.4, -0.2) is 67.0 Å². The van der Waals surface area contributed by atoms with Crippen molar-refractivity contribution in [2.75, 3.05) is 6.61 Å². The van der Waals surface area contributed by atoms with Gasteiger partial charge in [-0.25, -0.2) is 0 Å². The number of carbonyl (C=O) groups excluding carboxylic acids is 5. The number of carbonyl (C=O) groups is 5. The highest BCUT2D eigenvalue weighted by Gasteiger charge is 2.52. The molecule has 1 heterocycles. The van der Waals surface area contributed by atoms with Gasteiger partial charge in [0.25, 0.3) is 5.91 Å². The Morgan fingerprint density at radius 1 is 0.750 bits per heavy atom. The lowest BCUT2D eigenvalue weighted by molar-refractivity contribution is -0.270. The SMILES string of the molecule is CC(=O)OCC1OC(OC(C)=O)C(NC(=O)c2ccccc2OCc2ccccc2)C(OC(C)=O)C1OC(C)=O. The second-order valence-corrected chi connectivity index (χ2v) is 8.87. The number of nitrogens with one attached hydrogen (secondary N) is 1. The Morgan fingerprint density at radius 2 is 1.35 bits per heavy atom. The molecule has 0 radical (unpaired) electrons. The number of amides is 1. The summed E-state index contributed by atoms with van der Waals surface area (Å²) in [5.41, 5.74) is 1.01. The number of ether oxygens (including phenoxy) is 6. The predicted octanol–water partition coefficient (Wildman–Crippen LogP) is 2.08. The molecule has 5 unspecified atom stereocenters. The van der Waals surface area contributed by atoms with Crippen LogP contribution in [0.2, 0.25) is 0 Å². The first kappa shape index (κ1) is 30.1. The van der Waals surface area contributed by atoms with E-state index in [2.05, 4.69) is 5.32 Å². The Kier molecular flexibility index (Phi) is 10.6. The first-order valence-electron chi connectivity index (χ1n) is 12.4. The Morgan fingerprint density at radius 3 is 1.98 bits per heavy atom. The summed E-state index contributed by atoms with van der Waals surface area (Å²) in [6.45, 7) is 4.30. The first-order valence-corrected chi connectivity index (χ1v) is 12.4. The Bertz CT molecular complexity index is 1220. The van der Waals surface area contributed by atoms with Crippen molar-refractivity contribution in [2.24, 2.45) is 0 Å². The van der Waals surface area contributed by atoms with Gasteiger partial charge >= 0.3 is 23.9 Å². The van der Waals surface area contributed by atoms with Crippen LogP contribution in [0.3, 0.4) is 0 Å². The molecule has 2 aromatic carbocycles. The largest absolute Gasteiger partial charge is 0.488 e. The van der Waals surface area contributed by atoms with Crippen LogP contribution in [0.1, 0.15) is 43.6 Å². The molecule has 0 bridgehead atoms. The summed E-state index contributed by atoms with van der Waals surface area (Å²) < 4.78 is 32.9. The molecule has 0 spiro atoms. The van der Waals surface area contributed by atoms with E-state index in [9.17, 15) is 24.0 Å². The lowest BCUT2D eigenvalue weighted by Gasteiger charge is -2.44. The molecule has 214 valence electrons. The molecule has 1 N–H and O–H groups in total. The van der Waals surface area contributed by atoms with Gasteiger partial charge in [0.15, 0.2) is 12.2 Å². The van der Waals surface area contributed by atoms with Gasteiger partial charge in [-0.05, 0) is 17.7 Å². The molecule has 5 atom stereocenters. The Hall–Kier alpha value is -4.45. The topological polar surface area (TPSA) is 153 Å². The highest BCUT2D eigenvalue weighted by atomic mass is 16.7. The number of benzene rings is 2. The van der Waals surface area contributed by atoms with Crippen molar-refractivity contribution < 1.29 is 52.4 Å². The van der Waals surface area contributed by atoms with Crippen molar-refractivity contribution >= 4 is 29.8 Å². The van der Waals surface area contributed by atoms with E-state index < -0.39 is 67.0 Å². The van der Waals surface area contributed by atoms with Crippen LogP contribution < -0.4 is 10.1 Å². The average Bonchev–Trinajstić information content (AvgIpc) is 2.89. The fraction of sp³-hybridized carbons (Fsp3) is 0.393. The Labute approximate surface area is 230 Å². The van der Waals surface area contributed by atoms with Crippen LogP contribution in [0.25, 0.3) is 0 Å². The Balaban J connectivity index is 1.93. The van der Waals surface area contributed by atoms with Gasteiger partial charge in [-0.2, -0.15) is 0 Å². The number of para-hydroxylation sites is 1. The number of esters is 4. The minimum atomic E-state index is -1.50. The third-order valence-electron chi connectivity index (χ3n) is 5.65. The minimum absolute atomic E-state index is 0.132. The van der Waals surface area contributed by atoms with E-state index in [1.165, 1.54) is 6.07 Å². The molecule has 1 amide bonds. The van der Waals surface area contributed by atoms with Crippen LogP contribution in [0.5, 0.6) is 5.75 Å². The van der Waals surface area contributed by atoms with Crippen LogP contribution in [0, 0.1) is 0 Å². The monoisotopic (exact) mass is 557 g/mol. The van der Waals surface area contributed by atoms with Crippen molar-refractivity contribution in [1.82, 2.24) is 5.32 Å². The summed E-state index contributed by atoms with van der Waals surface area (Å²) in [6, 6.07) is 14.5. The second kappa shape index (κ2) is 14.1. The molecule has 0 aliphatic carbocycles. The third-order valence-corrected chi connectivity index (χ3v) is 5.65. The van der Waals surface area contributed by atoms with E-state index >= 15 is 0 Å². The van der Waals surface area contributed by atoms with Crippen LogP contribution in [0.15, 0.2) is 54.6 Å². The van der Waals surface area contributed by atoms with E-state index in [-0.39, 0.29) is 17.9 Å². The second-order valence-electron chi connectivity index (χ2n) is 8.87. The van der Waals surface area contributed by atoms with Crippen molar-refractivity contribution in [1.29, 1.82) is 0 Å². The van der Waals surface area contributed by atoms with E-state index in [0.717, 1.165) is 33.3 Å². The summed E-state index contributed by atoms with van der Waals surface area (Å²) in [7, 11) is 0. The summed E-state index contributed by atoms with van der Waals surface area (Å²) in [5.74, 6) is -3.36. The van der Waals surface area contributed by atoms with Gasteiger partial charge in [-0.1, -0.05) is 42.5 Å². The molecule has 1 aliphatic heterocycles. The first-order chi connectivity index (χ1) is 19.0. The van der Waals surface area contributed by atoms with Crippen LogP contribution in [-0.2, 0) is 49.5 Å². The number of hydrogen-bond donors (Lipinski definition) is 1. The predicted molar refractivity (Wildman–Crippen MR) is 137 cm³/mol.